The van der Waals surface area contributed by atoms with Crippen LogP contribution in [0.2, 0.25) is 0 Å². The van der Waals surface area contributed by atoms with E-state index in [2.05, 4.69) is 21.7 Å². The van der Waals surface area contributed by atoms with E-state index in [4.69, 9.17) is 0 Å². The van der Waals surface area contributed by atoms with Crippen LogP contribution in [0.1, 0.15) is 35.2 Å². The molecule has 1 saturated heterocycles. The van der Waals surface area contributed by atoms with Crippen LogP contribution in [-0.2, 0) is 10.5 Å². The number of carbonyl (C=O) groups excluding carboxylic acids is 2. The van der Waals surface area contributed by atoms with Crippen LogP contribution in [0.4, 0.5) is 0 Å². The van der Waals surface area contributed by atoms with Gasteiger partial charge in [0, 0.05) is 17.9 Å². The smallest absolute Gasteiger partial charge is 0.251 e. The Balaban J connectivity index is 1.35. The largest absolute Gasteiger partial charge is 0.354 e. The maximum Gasteiger partial charge on any atom is 0.251 e. The molecule has 144 valence electrons. The number of thioether (sulfide) groups is 1. The normalized spacial score (nSPS) is 17.1. The molecule has 2 heterocycles. The van der Waals surface area contributed by atoms with E-state index < -0.39 is 6.04 Å². The molecule has 3 aromatic rings. The lowest BCUT2D eigenvalue weighted by Gasteiger charge is -2.15. The lowest BCUT2D eigenvalue weighted by molar-refractivity contribution is -0.122. The van der Waals surface area contributed by atoms with Gasteiger partial charge in [0.25, 0.3) is 5.91 Å². The molecule has 0 bridgehead atoms. The molecule has 0 unspecified atom stereocenters. The Morgan fingerprint density at radius 1 is 1.18 bits per heavy atom. The van der Waals surface area contributed by atoms with Gasteiger partial charge in [-0.25, -0.2) is 4.98 Å². The zero-order valence-corrected chi connectivity index (χ0v) is 16.9. The van der Waals surface area contributed by atoms with Crippen LogP contribution in [0.3, 0.4) is 0 Å². The van der Waals surface area contributed by atoms with Crippen LogP contribution in [0.25, 0.3) is 10.2 Å². The van der Waals surface area contributed by atoms with Crippen molar-refractivity contribution >= 4 is 45.1 Å². The second kappa shape index (κ2) is 8.75. The number of rotatable bonds is 5. The van der Waals surface area contributed by atoms with E-state index in [1.54, 1.807) is 23.1 Å². The number of benzene rings is 2. The average molecular weight is 412 g/mol. The molecule has 1 aliphatic rings. The topological polar surface area (TPSA) is 71.1 Å². The second-order valence-electron chi connectivity index (χ2n) is 6.75. The molecule has 2 aromatic carbocycles. The first-order valence-corrected chi connectivity index (χ1v) is 11.2. The summed E-state index contributed by atoms with van der Waals surface area (Å²) in [6.07, 6.45) is 2.58. The van der Waals surface area contributed by atoms with Gasteiger partial charge in [0.05, 0.1) is 10.2 Å². The molecule has 1 fully saturated rings. The van der Waals surface area contributed by atoms with Gasteiger partial charge < -0.3 is 10.6 Å². The van der Waals surface area contributed by atoms with Crippen LogP contribution >= 0.6 is 23.1 Å². The molecule has 2 amide bonds. The summed E-state index contributed by atoms with van der Waals surface area (Å²) in [4.78, 5) is 29.1. The highest BCUT2D eigenvalue weighted by Gasteiger charge is 2.22. The summed E-state index contributed by atoms with van der Waals surface area (Å²) in [5.74, 6) is 0.509. The van der Waals surface area contributed by atoms with Gasteiger partial charge in [0.1, 0.15) is 6.04 Å². The number of aromatic nitrogens is 1. The van der Waals surface area contributed by atoms with Gasteiger partial charge in [-0.05, 0) is 49.1 Å². The minimum atomic E-state index is -0.440. The molecular formula is C21H21N3O2S2. The van der Waals surface area contributed by atoms with Crippen LogP contribution in [0.15, 0.2) is 52.9 Å². The fourth-order valence-electron chi connectivity index (χ4n) is 3.13. The monoisotopic (exact) mass is 411 g/mol. The third kappa shape index (κ3) is 4.54. The second-order valence-corrected chi connectivity index (χ2v) is 9.00. The number of hydrogen-bond donors (Lipinski definition) is 2. The molecule has 0 spiro atoms. The number of hydrogen-bond acceptors (Lipinski definition) is 5. The molecule has 1 atom stereocenters. The lowest BCUT2D eigenvalue weighted by Crippen LogP contribution is -2.45. The Labute approximate surface area is 171 Å². The molecule has 0 saturated carbocycles. The van der Waals surface area contributed by atoms with Gasteiger partial charge in [0.2, 0.25) is 5.91 Å². The minimum absolute atomic E-state index is 0.0882. The molecule has 7 heteroatoms. The Morgan fingerprint density at radius 2 is 2.00 bits per heavy atom. The zero-order valence-electron chi connectivity index (χ0n) is 15.3. The summed E-state index contributed by atoms with van der Waals surface area (Å²) in [5, 5.41) is 5.69. The van der Waals surface area contributed by atoms with Gasteiger partial charge in [-0.2, -0.15) is 0 Å². The van der Waals surface area contributed by atoms with Gasteiger partial charge >= 0.3 is 0 Å². The molecule has 0 radical (unpaired) electrons. The van der Waals surface area contributed by atoms with Gasteiger partial charge in [-0.3, -0.25) is 9.59 Å². The third-order valence-electron chi connectivity index (χ3n) is 4.69. The van der Waals surface area contributed by atoms with E-state index in [-0.39, 0.29) is 11.8 Å². The molecule has 4 rings (SSSR count). The first-order chi connectivity index (χ1) is 13.7. The number of carbonyl (C=O) groups is 2. The highest BCUT2D eigenvalue weighted by molar-refractivity contribution is 8.00. The quantitative estimate of drug-likeness (QED) is 0.623. The Kier molecular flexibility index (Phi) is 5.92. The standard InChI is InChI=1S/C21H21N3O2S2/c25-19(23-17-6-3-4-12-22-20(17)26)15-10-8-14(9-11-15)13-27-21-24-16-5-1-2-7-18(16)28-21/h1-2,5,7-11,17H,3-4,6,12-13H2,(H,22,26)(H,23,25)/t17-/m1/s1. The Hall–Kier alpha value is -2.38. The van der Waals surface area contributed by atoms with Crippen molar-refractivity contribution in [1.29, 1.82) is 0 Å². The third-order valence-corrected chi connectivity index (χ3v) is 6.94. The van der Waals surface area contributed by atoms with Crippen molar-refractivity contribution in [2.45, 2.75) is 35.4 Å². The van der Waals surface area contributed by atoms with E-state index >= 15 is 0 Å². The maximum absolute atomic E-state index is 12.5. The Bertz CT molecular complexity index is 952. The van der Waals surface area contributed by atoms with Crippen LogP contribution < -0.4 is 10.6 Å². The number of thiazole rings is 1. The lowest BCUT2D eigenvalue weighted by atomic mass is 10.1. The Morgan fingerprint density at radius 3 is 2.82 bits per heavy atom. The predicted molar refractivity (Wildman–Crippen MR) is 114 cm³/mol. The van der Waals surface area contributed by atoms with Crippen molar-refractivity contribution in [3.8, 4) is 0 Å². The first kappa shape index (κ1) is 19.0. The van der Waals surface area contributed by atoms with Crippen molar-refractivity contribution in [3.63, 3.8) is 0 Å². The van der Waals surface area contributed by atoms with E-state index in [1.165, 1.54) is 4.70 Å². The minimum Gasteiger partial charge on any atom is -0.354 e. The molecule has 0 aliphatic carbocycles. The summed E-state index contributed by atoms with van der Waals surface area (Å²) in [6, 6.07) is 15.2. The molecule has 1 aliphatic heterocycles. The molecule has 28 heavy (non-hydrogen) atoms. The molecule has 2 N–H and O–H groups in total. The zero-order chi connectivity index (χ0) is 19.3. The van der Waals surface area contributed by atoms with E-state index in [0.717, 1.165) is 34.0 Å². The van der Waals surface area contributed by atoms with Crippen molar-refractivity contribution in [1.82, 2.24) is 15.6 Å². The van der Waals surface area contributed by atoms with Crippen molar-refractivity contribution in [2.24, 2.45) is 0 Å². The summed E-state index contributed by atoms with van der Waals surface area (Å²) in [6.45, 7) is 0.687. The summed E-state index contributed by atoms with van der Waals surface area (Å²) in [5.41, 5.74) is 2.74. The fraction of sp³-hybridized carbons (Fsp3) is 0.286. The summed E-state index contributed by atoms with van der Waals surface area (Å²) < 4.78 is 2.24. The SMILES string of the molecule is O=C(N[C@@H]1CCCCNC1=O)c1ccc(CSc2nc3ccccc3s2)cc1. The van der Waals surface area contributed by atoms with E-state index in [9.17, 15) is 9.59 Å². The number of nitrogens with one attached hydrogen (secondary N) is 2. The van der Waals surface area contributed by atoms with Crippen molar-refractivity contribution in [2.75, 3.05) is 6.54 Å². The molecule has 5 nitrogen and oxygen atoms in total. The maximum atomic E-state index is 12.5. The van der Waals surface area contributed by atoms with Crippen molar-refractivity contribution in [3.05, 3.63) is 59.7 Å². The number of amides is 2. The first-order valence-electron chi connectivity index (χ1n) is 9.35. The highest BCUT2D eigenvalue weighted by Crippen LogP contribution is 2.31. The van der Waals surface area contributed by atoms with Crippen molar-refractivity contribution < 1.29 is 9.59 Å². The summed E-state index contributed by atoms with van der Waals surface area (Å²) >= 11 is 3.39. The average Bonchev–Trinajstić information content (AvgIpc) is 3.03. The fourth-order valence-corrected chi connectivity index (χ4v) is 5.15. The highest BCUT2D eigenvalue weighted by atomic mass is 32.2. The number of nitrogens with zero attached hydrogens (tertiary/aromatic N) is 1. The number of para-hydroxylation sites is 1. The summed E-state index contributed by atoms with van der Waals surface area (Å²) in [7, 11) is 0. The van der Waals surface area contributed by atoms with E-state index in [1.807, 2.05) is 42.5 Å². The van der Waals surface area contributed by atoms with Crippen LogP contribution in [0.5, 0.6) is 0 Å². The van der Waals surface area contributed by atoms with Crippen LogP contribution in [-0.4, -0.2) is 29.4 Å². The number of fused-ring (bicyclic) bond motifs is 1. The van der Waals surface area contributed by atoms with Gasteiger partial charge in [-0.1, -0.05) is 36.0 Å². The predicted octanol–water partition coefficient (Wildman–Crippen LogP) is 3.99. The van der Waals surface area contributed by atoms with E-state index in [0.29, 0.717) is 18.5 Å². The van der Waals surface area contributed by atoms with Gasteiger partial charge in [-0.15, -0.1) is 11.3 Å². The molecule has 1 aromatic heterocycles. The van der Waals surface area contributed by atoms with Crippen LogP contribution in [0, 0.1) is 0 Å². The molecular weight excluding hydrogens is 390 g/mol. The van der Waals surface area contributed by atoms with Gasteiger partial charge in [0.15, 0.2) is 4.34 Å².